The van der Waals surface area contributed by atoms with Gasteiger partial charge in [-0.2, -0.15) is 4.36 Å². The number of hydrogen-bond donors (Lipinski definition) is 0. The Hall–Kier alpha value is -0.970. The molecule has 1 aromatic heterocycles. The first-order valence-corrected chi connectivity index (χ1v) is 5.62. The van der Waals surface area contributed by atoms with E-state index in [2.05, 4.69) is 14.3 Å². The van der Waals surface area contributed by atoms with Crippen LogP contribution in [0.4, 0.5) is 5.82 Å². The average molecular weight is 183 g/mol. The standard InChI is InChI=1S/C7H9N3OS/c11-12(4-1-5-12)10-7-2-3-8-6-9-7/h2-3,6H,1,4-5H2. The molecule has 0 N–H and O–H groups in total. The Morgan fingerprint density at radius 2 is 2.33 bits per heavy atom. The SMILES string of the molecule is O=S1(=Nc2ccncn2)CCC1. The van der Waals surface area contributed by atoms with Crippen molar-refractivity contribution in [2.45, 2.75) is 6.42 Å². The van der Waals surface area contributed by atoms with Gasteiger partial charge in [-0.05, 0) is 6.42 Å². The summed E-state index contributed by atoms with van der Waals surface area (Å²) in [4.78, 5) is 7.64. The van der Waals surface area contributed by atoms with Crippen LogP contribution in [0.15, 0.2) is 23.0 Å². The molecule has 1 saturated heterocycles. The first-order valence-electron chi connectivity index (χ1n) is 3.77. The summed E-state index contributed by atoms with van der Waals surface area (Å²) in [6.45, 7) is 0. The van der Waals surface area contributed by atoms with Crippen molar-refractivity contribution in [3.63, 3.8) is 0 Å². The molecule has 1 fully saturated rings. The molecule has 2 rings (SSSR count). The van der Waals surface area contributed by atoms with E-state index >= 15 is 0 Å². The average Bonchev–Trinajstić information content (AvgIpc) is 2.04. The summed E-state index contributed by atoms with van der Waals surface area (Å²) in [6, 6.07) is 1.67. The number of aromatic nitrogens is 2. The van der Waals surface area contributed by atoms with Crippen LogP contribution in [0.3, 0.4) is 0 Å². The molecule has 0 saturated carbocycles. The van der Waals surface area contributed by atoms with Gasteiger partial charge < -0.3 is 0 Å². The van der Waals surface area contributed by atoms with E-state index in [0.717, 1.165) is 17.9 Å². The van der Waals surface area contributed by atoms with E-state index in [-0.39, 0.29) is 0 Å². The molecule has 5 heteroatoms. The van der Waals surface area contributed by atoms with E-state index in [4.69, 9.17) is 0 Å². The van der Waals surface area contributed by atoms with Crippen LogP contribution in [-0.2, 0) is 9.73 Å². The Morgan fingerprint density at radius 1 is 1.50 bits per heavy atom. The maximum atomic E-state index is 11.6. The second kappa shape index (κ2) is 2.82. The number of nitrogens with zero attached hydrogens (tertiary/aromatic N) is 3. The molecule has 12 heavy (non-hydrogen) atoms. The molecule has 0 aliphatic carbocycles. The maximum Gasteiger partial charge on any atom is 0.164 e. The quantitative estimate of drug-likeness (QED) is 0.652. The lowest BCUT2D eigenvalue weighted by atomic mass is 10.5. The van der Waals surface area contributed by atoms with E-state index in [1.165, 1.54) is 6.33 Å². The number of rotatable bonds is 1. The molecule has 64 valence electrons. The molecule has 1 aromatic rings. The van der Waals surface area contributed by atoms with Gasteiger partial charge in [-0.3, -0.25) is 0 Å². The fourth-order valence-electron chi connectivity index (χ4n) is 0.991. The van der Waals surface area contributed by atoms with Crippen molar-refractivity contribution < 1.29 is 4.21 Å². The lowest BCUT2D eigenvalue weighted by molar-refractivity contribution is 0.663. The van der Waals surface area contributed by atoms with Crippen LogP contribution in [0.5, 0.6) is 0 Å². The van der Waals surface area contributed by atoms with Gasteiger partial charge in [0, 0.05) is 23.8 Å². The fraction of sp³-hybridized carbons (Fsp3) is 0.429. The highest BCUT2D eigenvalue weighted by molar-refractivity contribution is 7.95. The molecule has 0 atom stereocenters. The van der Waals surface area contributed by atoms with E-state index in [1.54, 1.807) is 12.3 Å². The van der Waals surface area contributed by atoms with Gasteiger partial charge in [0.2, 0.25) is 0 Å². The third-order valence-electron chi connectivity index (χ3n) is 1.75. The van der Waals surface area contributed by atoms with Crippen molar-refractivity contribution in [1.82, 2.24) is 9.97 Å². The van der Waals surface area contributed by atoms with Crippen LogP contribution in [0.25, 0.3) is 0 Å². The first-order chi connectivity index (χ1) is 5.79. The van der Waals surface area contributed by atoms with Gasteiger partial charge >= 0.3 is 0 Å². The predicted molar refractivity (Wildman–Crippen MR) is 46.6 cm³/mol. The Balaban J connectivity index is 2.35. The van der Waals surface area contributed by atoms with Crippen LogP contribution >= 0.6 is 0 Å². The van der Waals surface area contributed by atoms with Crippen molar-refractivity contribution in [3.05, 3.63) is 18.6 Å². The van der Waals surface area contributed by atoms with E-state index in [0.29, 0.717) is 5.82 Å². The van der Waals surface area contributed by atoms with Crippen LogP contribution in [-0.4, -0.2) is 25.7 Å². The van der Waals surface area contributed by atoms with Gasteiger partial charge in [-0.15, -0.1) is 0 Å². The Bertz CT molecular complexity index is 371. The second-order valence-corrected chi connectivity index (χ2v) is 5.24. The summed E-state index contributed by atoms with van der Waals surface area (Å²) in [5.41, 5.74) is 0. The zero-order valence-corrected chi connectivity index (χ0v) is 7.33. The van der Waals surface area contributed by atoms with E-state index in [9.17, 15) is 4.21 Å². The second-order valence-electron chi connectivity index (χ2n) is 2.69. The first kappa shape index (κ1) is 7.67. The van der Waals surface area contributed by atoms with Crippen LogP contribution in [0.1, 0.15) is 6.42 Å². The zero-order chi connectivity index (χ0) is 8.44. The Labute approximate surface area is 71.2 Å². The molecule has 1 aliphatic rings. The summed E-state index contributed by atoms with van der Waals surface area (Å²) in [6.07, 6.45) is 4.04. The summed E-state index contributed by atoms with van der Waals surface area (Å²) in [5, 5.41) is 0. The molecule has 2 heterocycles. The molecular formula is C7H9N3OS. The monoisotopic (exact) mass is 183 g/mol. The molecule has 0 amide bonds. The Kier molecular flexibility index (Phi) is 1.80. The summed E-state index contributed by atoms with van der Waals surface area (Å²) >= 11 is 0. The van der Waals surface area contributed by atoms with Gasteiger partial charge in [-0.25, -0.2) is 14.2 Å². The van der Waals surface area contributed by atoms with E-state index in [1.807, 2.05) is 0 Å². The lowest BCUT2D eigenvalue weighted by Gasteiger charge is -2.17. The lowest BCUT2D eigenvalue weighted by Crippen LogP contribution is -2.23. The number of hydrogen-bond acceptors (Lipinski definition) is 4. The minimum absolute atomic E-state index is 0.537. The predicted octanol–water partition coefficient (Wildman–Crippen LogP) is 0.980. The normalized spacial score (nSPS) is 19.7. The summed E-state index contributed by atoms with van der Waals surface area (Å²) in [7, 11) is -1.91. The molecule has 0 unspecified atom stereocenters. The topological polar surface area (TPSA) is 55.2 Å². The molecular weight excluding hydrogens is 174 g/mol. The smallest absolute Gasteiger partial charge is 0.164 e. The third kappa shape index (κ3) is 1.45. The minimum Gasteiger partial charge on any atom is -0.249 e. The van der Waals surface area contributed by atoms with Crippen molar-refractivity contribution in [3.8, 4) is 0 Å². The van der Waals surface area contributed by atoms with Crippen LogP contribution in [0.2, 0.25) is 0 Å². The molecule has 4 nitrogen and oxygen atoms in total. The van der Waals surface area contributed by atoms with Gasteiger partial charge in [0.05, 0.1) is 9.73 Å². The molecule has 0 bridgehead atoms. The van der Waals surface area contributed by atoms with E-state index < -0.39 is 9.73 Å². The molecule has 0 radical (unpaired) electrons. The van der Waals surface area contributed by atoms with Gasteiger partial charge in [0.15, 0.2) is 5.82 Å². The van der Waals surface area contributed by atoms with Crippen LogP contribution < -0.4 is 0 Å². The highest BCUT2D eigenvalue weighted by Gasteiger charge is 2.19. The third-order valence-corrected chi connectivity index (χ3v) is 4.13. The highest BCUT2D eigenvalue weighted by Crippen LogP contribution is 2.18. The van der Waals surface area contributed by atoms with Crippen molar-refractivity contribution in [1.29, 1.82) is 0 Å². The highest BCUT2D eigenvalue weighted by atomic mass is 32.2. The van der Waals surface area contributed by atoms with Gasteiger partial charge in [0.25, 0.3) is 0 Å². The zero-order valence-electron chi connectivity index (χ0n) is 6.51. The largest absolute Gasteiger partial charge is 0.249 e. The Morgan fingerprint density at radius 3 is 2.83 bits per heavy atom. The minimum atomic E-state index is -1.91. The molecule has 0 aromatic carbocycles. The summed E-state index contributed by atoms with van der Waals surface area (Å²) < 4.78 is 15.7. The fourth-order valence-corrected chi connectivity index (χ4v) is 2.40. The molecule has 0 spiro atoms. The van der Waals surface area contributed by atoms with Crippen LogP contribution in [0, 0.1) is 0 Å². The van der Waals surface area contributed by atoms with Crippen molar-refractivity contribution >= 4 is 15.5 Å². The van der Waals surface area contributed by atoms with Gasteiger partial charge in [0.1, 0.15) is 6.33 Å². The summed E-state index contributed by atoms with van der Waals surface area (Å²) in [5.74, 6) is 1.98. The molecule has 1 aliphatic heterocycles. The maximum absolute atomic E-state index is 11.6. The van der Waals surface area contributed by atoms with Gasteiger partial charge in [-0.1, -0.05) is 0 Å². The van der Waals surface area contributed by atoms with Crippen molar-refractivity contribution in [2.75, 3.05) is 11.5 Å². The van der Waals surface area contributed by atoms with Crippen molar-refractivity contribution in [2.24, 2.45) is 4.36 Å².